The third-order valence-corrected chi connectivity index (χ3v) is 2.45. The summed E-state index contributed by atoms with van der Waals surface area (Å²) >= 11 is 0. The molecule has 0 aromatic heterocycles. The summed E-state index contributed by atoms with van der Waals surface area (Å²) < 4.78 is 5.71. The molecule has 2 aromatic carbocycles. The van der Waals surface area contributed by atoms with E-state index in [0.29, 0.717) is 0 Å². The van der Waals surface area contributed by atoms with Crippen LogP contribution in [-0.2, 0) is 0 Å². The SMILES string of the molecule is CC(N)/C=C/c1ccc(Oc2ccccc2)cc1. The van der Waals surface area contributed by atoms with Crippen molar-refractivity contribution in [2.45, 2.75) is 13.0 Å². The average Bonchev–Trinajstić information content (AvgIpc) is 2.39. The van der Waals surface area contributed by atoms with Gasteiger partial charge in [-0.3, -0.25) is 0 Å². The predicted octanol–water partition coefficient (Wildman–Crippen LogP) is 3.84. The quantitative estimate of drug-likeness (QED) is 0.879. The Bertz CT molecular complexity index is 500. The first-order valence-electron chi connectivity index (χ1n) is 6.01. The fraction of sp³-hybridized carbons (Fsp3) is 0.125. The minimum Gasteiger partial charge on any atom is -0.457 e. The van der Waals surface area contributed by atoms with Crippen molar-refractivity contribution >= 4 is 6.08 Å². The van der Waals surface area contributed by atoms with Crippen LogP contribution in [0.2, 0.25) is 0 Å². The molecule has 0 heterocycles. The Morgan fingerprint density at radius 1 is 0.944 bits per heavy atom. The molecule has 2 rings (SSSR count). The van der Waals surface area contributed by atoms with Gasteiger partial charge in [0.15, 0.2) is 0 Å². The number of para-hydroxylation sites is 1. The maximum atomic E-state index is 5.71. The standard InChI is InChI=1S/C16H17NO/c1-13(17)7-8-14-9-11-16(12-10-14)18-15-5-3-2-4-6-15/h2-13H,17H2,1H3/b8-7+. The van der Waals surface area contributed by atoms with Crippen LogP contribution in [0.4, 0.5) is 0 Å². The van der Waals surface area contributed by atoms with E-state index in [9.17, 15) is 0 Å². The van der Waals surface area contributed by atoms with E-state index in [0.717, 1.165) is 17.1 Å². The number of benzene rings is 2. The van der Waals surface area contributed by atoms with Crippen LogP contribution in [-0.4, -0.2) is 6.04 Å². The molecule has 0 amide bonds. The predicted molar refractivity (Wildman–Crippen MR) is 75.6 cm³/mol. The molecule has 2 heteroatoms. The largest absolute Gasteiger partial charge is 0.457 e. The molecule has 0 saturated heterocycles. The van der Waals surface area contributed by atoms with Crippen LogP contribution in [0, 0.1) is 0 Å². The van der Waals surface area contributed by atoms with Gasteiger partial charge in [-0.05, 0) is 36.8 Å². The van der Waals surface area contributed by atoms with Gasteiger partial charge in [0.2, 0.25) is 0 Å². The van der Waals surface area contributed by atoms with Crippen LogP contribution in [0.1, 0.15) is 12.5 Å². The molecule has 0 spiro atoms. The number of hydrogen-bond acceptors (Lipinski definition) is 2. The molecule has 0 bridgehead atoms. The molecular formula is C16H17NO. The van der Waals surface area contributed by atoms with E-state index in [4.69, 9.17) is 10.5 Å². The first-order chi connectivity index (χ1) is 8.74. The summed E-state index contributed by atoms with van der Waals surface area (Å²) in [7, 11) is 0. The van der Waals surface area contributed by atoms with Gasteiger partial charge in [-0.1, -0.05) is 42.5 Å². The van der Waals surface area contributed by atoms with Gasteiger partial charge in [0, 0.05) is 6.04 Å². The zero-order chi connectivity index (χ0) is 12.8. The fourth-order valence-electron chi connectivity index (χ4n) is 1.53. The third kappa shape index (κ3) is 3.75. The summed E-state index contributed by atoms with van der Waals surface area (Å²) in [6, 6.07) is 17.7. The second kappa shape index (κ2) is 6.03. The molecule has 0 saturated carbocycles. The Morgan fingerprint density at radius 3 is 2.17 bits per heavy atom. The van der Waals surface area contributed by atoms with Gasteiger partial charge in [0.25, 0.3) is 0 Å². The summed E-state index contributed by atoms with van der Waals surface area (Å²) in [5, 5.41) is 0. The molecule has 0 radical (unpaired) electrons. The van der Waals surface area contributed by atoms with Gasteiger partial charge < -0.3 is 10.5 Å². The minimum atomic E-state index is 0.0743. The van der Waals surface area contributed by atoms with E-state index in [1.807, 2.05) is 73.7 Å². The molecule has 0 aliphatic carbocycles. The minimum absolute atomic E-state index is 0.0743. The highest BCUT2D eigenvalue weighted by molar-refractivity contribution is 5.51. The van der Waals surface area contributed by atoms with Crippen LogP contribution in [0.25, 0.3) is 6.08 Å². The van der Waals surface area contributed by atoms with Crippen molar-refractivity contribution in [3.05, 3.63) is 66.2 Å². The highest BCUT2D eigenvalue weighted by Gasteiger charge is 1.96. The zero-order valence-corrected chi connectivity index (χ0v) is 10.4. The van der Waals surface area contributed by atoms with Crippen molar-refractivity contribution in [3.63, 3.8) is 0 Å². The van der Waals surface area contributed by atoms with Crippen molar-refractivity contribution in [2.75, 3.05) is 0 Å². The van der Waals surface area contributed by atoms with Crippen LogP contribution in [0.3, 0.4) is 0 Å². The molecule has 0 fully saturated rings. The number of rotatable bonds is 4. The maximum Gasteiger partial charge on any atom is 0.127 e. The van der Waals surface area contributed by atoms with Crippen LogP contribution in [0.5, 0.6) is 11.5 Å². The summed E-state index contributed by atoms with van der Waals surface area (Å²) in [6.45, 7) is 1.95. The molecule has 1 atom stereocenters. The molecule has 0 aliphatic heterocycles. The summed E-state index contributed by atoms with van der Waals surface area (Å²) in [5.74, 6) is 1.68. The Balaban J connectivity index is 2.04. The van der Waals surface area contributed by atoms with E-state index < -0.39 is 0 Å². The van der Waals surface area contributed by atoms with Crippen LogP contribution >= 0.6 is 0 Å². The van der Waals surface area contributed by atoms with Gasteiger partial charge in [-0.2, -0.15) is 0 Å². The molecule has 2 aromatic rings. The van der Waals surface area contributed by atoms with Crippen molar-refractivity contribution < 1.29 is 4.74 Å². The number of ether oxygens (including phenoxy) is 1. The zero-order valence-electron chi connectivity index (χ0n) is 10.4. The van der Waals surface area contributed by atoms with Crippen LogP contribution in [0.15, 0.2) is 60.7 Å². The lowest BCUT2D eigenvalue weighted by Gasteiger charge is -2.05. The van der Waals surface area contributed by atoms with Gasteiger partial charge in [0.05, 0.1) is 0 Å². The summed E-state index contributed by atoms with van der Waals surface area (Å²) in [6.07, 6.45) is 3.98. The Kier molecular flexibility index (Phi) is 4.15. The first kappa shape index (κ1) is 12.4. The lowest BCUT2D eigenvalue weighted by molar-refractivity contribution is 0.482. The van der Waals surface area contributed by atoms with E-state index in [1.165, 1.54) is 0 Å². The fourth-order valence-corrected chi connectivity index (χ4v) is 1.53. The van der Waals surface area contributed by atoms with Gasteiger partial charge in [0.1, 0.15) is 11.5 Å². The molecule has 1 unspecified atom stereocenters. The lowest BCUT2D eigenvalue weighted by atomic mass is 10.2. The van der Waals surface area contributed by atoms with Crippen molar-refractivity contribution in [3.8, 4) is 11.5 Å². The van der Waals surface area contributed by atoms with Crippen molar-refractivity contribution in [1.82, 2.24) is 0 Å². The topological polar surface area (TPSA) is 35.2 Å². The maximum absolute atomic E-state index is 5.71. The van der Waals surface area contributed by atoms with E-state index in [-0.39, 0.29) is 6.04 Å². The van der Waals surface area contributed by atoms with Crippen molar-refractivity contribution in [1.29, 1.82) is 0 Å². The Morgan fingerprint density at radius 2 is 1.56 bits per heavy atom. The Labute approximate surface area is 108 Å². The highest BCUT2D eigenvalue weighted by Crippen LogP contribution is 2.21. The third-order valence-electron chi connectivity index (χ3n) is 2.45. The number of hydrogen-bond donors (Lipinski definition) is 1. The van der Waals surface area contributed by atoms with E-state index in [1.54, 1.807) is 0 Å². The normalized spacial score (nSPS) is 12.6. The van der Waals surface area contributed by atoms with E-state index >= 15 is 0 Å². The molecular weight excluding hydrogens is 222 g/mol. The molecule has 92 valence electrons. The summed E-state index contributed by atoms with van der Waals surface area (Å²) in [5.41, 5.74) is 6.78. The second-order valence-electron chi connectivity index (χ2n) is 4.20. The monoisotopic (exact) mass is 239 g/mol. The second-order valence-corrected chi connectivity index (χ2v) is 4.20. The molecule has 2 N–H and O–H groups in total. The molecule has 0 aliphatic rings. The first-order valence-corrected chi connectivity index (χ1v) is 6.01. The van der Waals surface area contributed by atoms with Crippen molar-refractivity contribution in [2.24, 2.45) is 5.73 Å². The molecule has 18 heavy (non-hydrogen) atoms. The van der Waals surface area contributed by atoms with Gasteiger partial charge in [-0.15, -0.1) is 0 Å². The smallest absolute Gasteiger partial charge is 0.127 e. The lowest BCUT2D eigenvalue weighted by Crippen LogP contribution is -2.09. The highest BCUT2D eigenvalue weighted by atomic mass is 16.5. The average molecular weight is 239 g/mol. The van der Waals surface area contributed by atoms with Crippen LogP contribution < -0.4 is 10.5 Å². The van der Waals surface area contributed by atoms with E-state index in [2.05, 4.69) is 0 Å². The number of nitrogens with two attached hydrogens (primary N) is 1. The van der Waals surface area contributed by atoms with Gasteiger partial charge in [-0.25, -0.2) is 0 Å². The Hall–Kier alpha value is -2.06. The molecule has 2 nitrogen and oxygen atoms in total. The summed E-state index contributed by atoms with van der Waals surface area (Å²) in [4.78, 5) is 0. The van der Waals surface area contributed by atoms with Gasteiger partial charge >= 0.3 is 0 Å².